The highest BCUT2D eigenvalue weighted by atomic mass is 16.5. The van der Waals surface area contributed by atoms with Crippen LogP contribution in [0.25, 0.3) is 0 Å². The summed E-state index contributed by atoms with van der Waals surface area (Å²) in [5, 5.41) is 0. The van der Waals surface area contributed by atoms with E-state index in [1.54, 1.807) is 6.92 Å². The standard InChI is InChI=1S/C6H9NO2/c1-2-3-4-5-9-6(7)8/h4-5H2,1H3,(H2,7,8). The van der Waals surface area contributed by atoms with Gasteiger partial charge in [0.15, 0.2) is 0 Å². The van der Waals surface area contributed by atoms with Gasteiger partial charge in [0, 0.05) is 6.42 Å². The van der Waals surface area contributed by atoms with Gasteiger partial charge in [-0.05, 0) is 6.92 Å². The summed E-state index contributed by atoms with van der Waals surface area (Å²) in [7, 11) is 0. The Bertz CT molecular complexity index is 143. The van der Waals surface area contributed by atoms with E-state index >= 15 is 0 Å². The Morgan fingerprint density at radius 3 is 2.89 bits per heavy atom. The number of carbonyl (C=O) groups excluding carboxylic acids is 1. The van der Waals surface area contributed by atoms with Crippen molar-refractivity contribution in [3.05, 3.63) is 0 Å². The van der Waals surface area contributed by atoms with Gasteiger partial charge in [0.1, 0.15) is 6.61 Å². The van der Waals surface area contributed by atoms with E-state index in [4.69, 9.17) is 0 Å². The third-order valence-electron chi connectivity index (χ3n) is 0.648. The fourth-order valence-electron chi connectivity index (χ4n) is 0.328. The summed E-state index contributed by atoms with van der Waals surface area (Å²) < 4.78 is 4.38. The molecule has 2 N–H and O–H groups in total. The molecule has 0 unspecified atom stereocenters. The zero-order valence-electron chi connectivity index (χ0n) is 5.31. The number of amides is 1. The molecule has 9 heavy (non-hydrogen) atoms. The van der Waals surface area contributed by atoms with Crippen LogP contribution in [0.3, 0.4) is 0 Å². The van der Waals surface area contributed by atoms with Crippen molar-refractivity contribution in [3.63, 3.8) is 0 Å². The van der Waals surface area contributed by atoms with Crippen molar-refractivity contribution < 1.29 is 9.53 Å². The van der Waals surface area contributed by atoms with Gasteiger partial charge in [0.25, 0.3) is 0 Å². The molecule has 0 spiro atoms. The van der Waals surface area contributed by atoms with Crippen LogP contribution in [0.2, 0.25) is 0 Å². The number of carbonyl (C=O) groups is 1. The first-order chi connectivity index (χ1) is 4.27. The van der Waals surface area contributed by atoms with Gasteiger partial charge in [-0.1, -0.05) is 0 Å². The first kappa shape index (κ1) is 7.83. The highest BCUT2D eigenvalue weighted by Gasteiger charge is 1.88. The molecule has 3 heteroatoms. The van der Waals surface area contributed by atoms with Crippen LogP contribution in [0.5, 0.6) is 0 Å². The Hall–Kier alpha value is -1.17. The summed E-state index contributed by atoms with van der Waals surface area (Å²) in [6, 6.07) is 0. The van der Waals surface area contributed by atoms with E-state index < -0.39 is 6.09 Å². The lowest BCUT2D eigenvalue weighted by Gasteiger charge is -1.93. The highest BCUT2D eigenvalue weighted by Crippen LogP contribution is 1.78. The predicted molar refractivity (Wildman–Crippen MR) is 33.6 cm³/mol. The Morgan fingerprint density at radius 1 is 1.78 bits per heavy atom. The number of hydrogen-bond donors (Lipinski definition) is 1. The second kappa shape index (κ2) is 4.98. The summed E-state index contributed by atoms with van der Waals surface area (Å²) in [5.41, 5.74) is 4.67. The van der Waals surface area contributed by atoms with E-state index in [-0.39, 0.29) is 6.61 Å². The van der Waals surface area contributed by atoms with Crippen molar-refractivity contribution in [3.8, 4) is 11.8 Å². The maximum Gasteiger partial charge on any atom is 0.404 e. The molecule has 50 valence electrons. The fraction of sp³-hybridized carbons (Fsp3) is 0.500. The highest BCUT2D eigenvalue weighted by molar-refractivity contribution is 5.64. The molecule has 0 aromatic heterocycles. The number of rotatable bonds is 2. The Morgan fingerprint density at radius 2 is 2.44 bits per heavy atom. The van der Waals surface area contributed by atoms with Gasteiger partial charge in [-0.3, -0.25) is 0 Å². The fourth-order valence-corrected chi connectivity index (χ4v) is 0.328. The lowest BCUT2D eigenvalue weighted by atomic mass is 10.4. The van der Waals surface area contributed by atoms with E-state index in [2.05, 4.69) is 22.3 Å². The van der Waals surface area contributed by atoms with Crippen LogP contribution >= 0.6 is 0 Å². The SMILES string of the molecule is CC#CCCOC(N)=O. The molecule has 0 saturated carbocycles. The summed E-state index contributed by atoms with van der Waals surface area (Å²) in [4.78, 5) is 9.91. The molecule has 0 aliphatic heterocycles. The van der Waals surface area contributed by atoms with Gasteiger partial charge in [-0.2, -0.15) is 0 Å². The second-order valence-corrected chi connectivity index (χ2v) is 1.34. The first-order valence-corrected chi connectivity index (χ1v) is 2.59. The van der Waals surface area contributed by atoms with Crippen molar-refractivity contribution in [2.45, 2.75) is 13.3 Å². The second-order valence-electron chi connectivity index (χ2n) is 1.34. The minimum Gasteiger partial charge on any atom is -0.449 e. The average Bonchev–Trinajstić information content (AvgIpc) is 1.80. The van der Waals surface area contributed by atoms with Gasteiger partial charge in [-0.15, -0.1) is 11.8 Å². The van der Waals surface area contributed by atoms with Gasteiger partial charge >= 0.3 is 6.09 Å². The Balaban J connectivity index is 3.07. The van der Waals surface area contributed by atoms with E-state index in [0.717, 1.165) is 0 Å². The number of primary amides is 1. The van der Waals surface area contributed by atoms with Crippen molar-refractivity contribution in [2.75, 3.05) is 6.61 Å². The van der Waals surface area contributed by atoms with E-state index in [1.807, 2.05) is 0 Å². The van der Waals surface area contributed by atoms with Crippen LogP contribution in [0.1, 0.15) is 13.3 Å². The third kappa shape index (κ3) is 6.83. The molecule has 0 bridgehead atoms. The molecule has 0 radical (unpaired) electrons. The summed E-state index contributed by atoms with van der Waals surface area (Å²) in [6.45, 7) is 2.01. The molecule has 0 aliphatic carbocycles. The lowest BCUT2D eigenvalue weighted by molar-refractivity contribution is 0.159. The molecular weight excluding hydrogens is 118 g/mol. The Kier molecular flexibility index (Phi) is 4.33. The van der Waals surface area contributed by atoms with Crippen LogP contribution in [0.4, 0.5) is 4.79 Å². The van der Waals surface area contributed by atoms with Crippen LogP contribution in [-0.4, -0.2) is 12.7 Å². The molecule has 0 heterocycles. The first-order valence-electron chi connectivity index (χ1n) is 2.59. The van der Waals surface area contributed by atoms with Gasteiger partial charge in [0.2, 0.25) is 0 Å². The normalized spacial score (nSPS) is 7.22. The summed E-state index contributed by atoms with van der Waals surface area (Å²) >= 11 is 0. The molecule has 0 aromatic carbocycles. The molecule has 0 atom stereocenters. The van der Waals surface area contributed by atoms with Crippen LogP contribution in [-0.2, 0) is 4.74 Å². The molecule has 0 fully saturated rings. The molecule has 0 aliphatic rings. The number of nitrogens with two attached hydrogens (primary N) is 1. The average molecular weight is 127 g/mol. The van der Waals surface area contributed by atoms with E-state index in [1.165, 1.54) is 0 Å². The monoisotopic (exact) mass is 127 g/mol. The molecule has 0 saturated heterocycles. The maximum atomic E-state index is 9.91. The summed E-state index contributed by atoms with van der Waals surface area (Å²) in [6.07, 6.45) is -0.188. The van der Waals surface area contributed by atoms with E-state index in [9.17, 15) is 4.79 Å². The third-order valence-corrected chi connectivity index (χ3v) is 0.648. The van der Waals surface area contributed by atoms with Crippen molar-refractivity contribution in [2.24, 2.45) is 5.73 Å². The molecule has 0 aromatic rings. The van der Waals surface area contributed by atoms with Gasteiger partial charge in [-0.25, -0.2) is 4.79 Å². The van der Waals surface area contributed by atoms with Crippen molar-refractivity contribution in [1.82, 2.24) is 0 Å². The van der Waals surface area contributed by atoms with Crippen LogP contribution in [0.15, 0.2) is 0 Å². The van der Waals surface area contributed by atoms with Gasteiger partial charge in [0.05, 0.1) is 0 Å². The maximum absolute atomic E-state index is 9.91. The van der Waals surface area contributed by atoms with Gasteiger partial charge < -0.3 is 10.5 Å². The smallest absolute Gasteiger partial charge is 0.404 e. The topological polar surface area (TPSA) is 52.3 Å². The molecule has 1 amide bonds. The Labute approximate surface area is 54.2 Å². The number of hydrogen-bond acceptors (Lipinski definition) is 2. The van der Waals surface area contributed by atoms with Crippen molar-refractivity contribution in [1.29, 1.82) is 0 Å². The lowest BCUT2D eigenvalue weighted by Crippen LogP contribution is -2.13. The largest absolute Gasteiger partial charge is 0.449 e. The minimum atomic E-state index is -0.743. The zero-order chi connectivity index (χ0) is 7.11. The molecule has 3 nitrogen and oxygen atoms in total. The van der Waals surface area contributed by atoms with Crippen LogP contribution in [0, 0.1) is 11.8 Å². The quantitative estimate of drug-likeness (QED) is 0.433. The number of ether oxygens (including phenoxy) is 1. The van der Waals surface area contributed by atoms with Crippen molar-refractivity contribution >= 4 is 6.09 Å². The predicted octanol–water partition coefficient (Wildman–Crippen LogP) is 0.495. The van der Waals surface area contributed by atoms with E-state index in [0.29, 0.717) is 6.42 Å². The molecular formula is C6H9NO2. The summed E-state index contributed by atoms with van der Waals surface area (Å²) in [5.74, 6) is 5.38. The van der Waals surface area contributed by atoms with Crippen LogP contribution < -0.4 is 5.73 Å². The zero-order valence-corrected chi connectivity index (χ0v) is 5.31. The minimum absolute atomic E-state index is 0.288. The molecule has 0 rings (SSSR count).